The number of hydrazone groups is 1. The third kappa shape index (κ3) is 2.05. The summed E-state index contributed by atoms with van der Waals surface area (Å²) in [6.07, 6.45) is 0.576. The van der Waals surface area contributed by atoms with Crippen LogP contribution in [0.1, 0.15) is 27.2 Å². The van der Waals surface area contributed by atoms with E-state index in [-0.39, 0.29) is 17.9 Å². The fourth-order valence-corrected chi connectivity index (χ4v) is 2.63. The van der Waals surface area contributed by atoms with Gasteiger partial charge < -0.3 is 0 Å². The van der Waals surface area contributed by atoms with Gasteiger partial charge in [0.05, 0.1) is 11.7 Å². The van der Waals surface area contributed by atoms with Gasteiger partial charge in [-0.1, -0.05) is 18.2 Å². The molecule has 5 heteroatoms. The van der Waals surface area contributed by atoms with E-state index < -0.39 is 0 Å². The zero-order valence-corrected chi connectivity index (χ0v) is 12.3. The Balaban J connectivity index is 1.92. The minimum absolute atomic E-state index is 0.115. The van der Waals surface area contributed by atoms with Crippen LogP contribution in [-0.4, -0.2) is 28.6 Å². The second-order valence-electron chi connectivity index (χ2n) is 5.45. The third-order valence-corrected chi connectivity index (χ3v) is 4.01. The van der Waals surface area contributed by atoms with Gasteiger partial charge in [0.1, 0.15) is 5.84 Å². The number of hydrogen-bond donors (Lipinski definition) is 0. The molecule has 108 valence electrons. The quantitative estimate of drug-likeness (QED) is 0.743. The van der Waals surface area contributed by atoms with Crippen LogP contribution in [-0.2, 0) is 9.59 Å². The Kier molecular flexibility index (Phi) is 3.12. The molecule has 2 aliphatic heterocycles. The minimum Gasteiger partial charge on any atom is -0.269 e. The molecule has 1 aromatic carbocycles. The van der Waals surface area contributed by atoms with Crippen molar-refractivity contribution in [2.24, 2.45) is 5.10 Å². The number of anilines is 1. The van der Waals surface area contributed by atoms with Crippen molar-refractivity contribution in [3.05, 3.63) is 41.5 Å². The molecule has 2 heterocycles. The zero-order chi connectivity index (χ0) is 15.1. The number of para-hydroxylation sites is 1. The standard InChI is InChI=1S/C16H17N3O2/c1-10-9-14(17-19(10)13-7-5-4-6-8-13)18-15(20)11(2)12(3)16(18)21/h4-8,10H,9H2,1-3H3. The average molecular weight is 283 g/mol. The van der Waals surface area contributed by atoms with Crippen LogP contribution < -0.4 is 5.01 Å². The van der Waals surface area contributed by atoms with Gasteiger partial charge in [-0.15, -0.1) is 0 Å². The maximum atomic E-state index is 12.2. The van der Waals surface area contributed by atoms with Gasteiger partial charge in [0.25, 0.3) is 11.8 Å². The Hall–Kier alpha value is -2.43. The van der Waals surface area contributed by atoms with E-state index in [1.807, 2.05) is 42.3 Å². The predicted molar refractivity (Wildman–Crippen MR) is 80.7 cm³/mol. The molecule has 0 fully saturated rings. The summed E-state index contributed by atoms with van der Waals surface area (Å²) in [6, 6.07) is 9.87. The Morgan fingerprint density at radius 3 is 2.19 bits per heavy atom. The fourth-order valence-electron chi connectivity index (χ4n) is 2.63. The van der Waals surface area contributed by atoms with Crippen molar-refractivity contribution >= 4 is 23.3 Å². The van der Waals surface area contributed by atoms with Crippen molar-refractivity contribution in [3.8, 4) is 0 Å². The van der Waals surface area contributed by atoms with Crippen molar-refractivity contribution < 1.29 is 9.59 Å². The smallest absolute Gasteiger partial charge is 0.262 e. The van der Waals surface area contributed by atoms with Crippen LogP contribution in [0, 0.1) is 0 Å². The lowest BCUT2D eigenvalue weighted by Crippen LogP contribution is -2.37. The number of rotatable bonds is 1. The molecule has 21 heavy (non-hydrogen) atoms. The molecule has 2 aliphatic rings. The number of imide groups is 1. The molecule has 2 amide bonds. The summed E-state index contributed by atoms with van der Waals surface area (Å²) in [5, 5.41) is 6.36. The van der Waals surface area contributed by atoms with Gasteiger partial charge in [0, 0.05) is 17.6 Å². The van der Waals surface area contributed by atoms with Crippen LogP contribution >= 0.6 is 0 Å². The molecule has 0 saturated heterocycles. The summed E-state index contributed by atoms with van der Waals surface area (Å²) in [6.45, 7) is 5.40. The number of hydrogen-bond acceptors (Lipinski definition) is 4. The predicted octanol–water partition coefficient (Wildman–Crippen LogP) is 2.30. The SMILES string of the molecule is CC1=C(C)C(=O)N(C2=NN(c3ccccc3)C(C)C2)C1=O. The lowest BCUT2D eigenvalue weighted by molar-refractivity contribution is -0.132. The van der Waals surface area contributed by atoms with Crippen molar-refractivity contribution in [2.75, 3.05) is 5.01 Å². The summed E-state index contributed by atoms with van der Waals surface area (Å²) in [4.78, 5) is 25.6. The van der Waals surface area contributed by atoms with Crippen molar-refractivity contribution in [3.63, 3.8) is 0 Å². The first-order valence-corrected chi connectivity index (χ1v) is 6.98. The van der Waals surface area contributed by atoms with Crippen LogP contribution in [0.4, 0.5) is 5.69 Å². The molecule has 0 spiro atoms. The van der Waals surface area contributed by atoms with Crippen molar-refractivity contribution in [1.29, 1.82) is 0 Å². The molecule has 1 aromatic rings. The summed E-state index contributed by atoms with van der Waals surface area (Å²) in [5.41, 5.74) is 1.97. The van der Waals surface area contributed by atoms with Crippen LogP contribution in [0.2, 0.25) is 0 Å². The highest BCUT2D eigenvalue weighted by Crippen LogP contribution is 2.28. The van der Waals surface area contributed by atoms with Gasteiger partial charge in [0.15, 0.2) is 0 Å². The zero-order valence-electron chi connectivity index (χ0n) is 12.3. The van der Waals surface area contributed by atoms with Gasteiger partial charge in [0.2, 0.25) is 0 Å². The maximum Gasteiger partial charge on any atom is 0.262 e. The number of carbonyl (C=O) groups excluding carboxylic acids is 2. The second-order valence-corrected chi connectivity index (χ2v) is 5.45. The Bertz CT molecular complexity index is 652. The molecule has 1 unspecified atom stereocenters. The Labute approximate surface area is 123 Å². The maximum absolute atomic E-state index is 12.2. The normalized spacial score (nSPS) is 22.4. The fraction of sp³-hybridized carbons (Fsp3) is 0.312. The van der Waals surface area contributed by atoms with E-state index in [0.29, 0.717) is 23.4 Å². The Morgan fingerprint density at radius 1 is 1.05 bits per heavy atom. The van der Waals surface area contributed by atoms with Crippen molar-refractivity contribution in [1.82, 2.24) is 4.90 Å². The molecule has 0 N–H and O–H groups in total. The van der Waals surface area contributed by atoms with Gasteiger partial charge in [-0.3, -0.25) is 14.6 Å². The molecule has 5 nitrogen and oxygen atoms in total. The molecule has 0 radical (unpaired) electrons. The Morgan fingerprint density at radius 2 is 1.62 bits per heavy atom. The first-order valence-electron chi connectivity index (χ1n) is 6.98. The van der Waals surface area contributed by atoms with Crippen LogP contribution in [0.25, 0.3) is 0 Å². The molecule has 0 bridgehead atoms. The second kappa shape index (κ2) is 4.84. The number of amidine groups is 1. The first-order chi connectivity index (χ1) is 10.0. The van der Waals surface area contributed by atoms with E-state index in [1.54, 1.807) is 13.8 Å². The van der Waals surface area contributed by atoms with E-state index in [4.69, 9.17) is 0 Å². The molecule has 0 aliphatic carbocycles. The number of amides is 2. The number of nitrogens with zero attached hydrogens (tertiary/aromatic N) is 3. The summed E-state index contributed by atoms with van der Waals surface area (Å²) >= 11 is 0. The van der Waals surface area contributed by atoms with Gasteiger partial charge in [-0.2, -0.15) is 5.10 Å². The van der Waals surface area contributed by atoms with Gasteiger partial charge in [-0.25, -0.2) is 4.90 Å². The lowest BCUT2D eigenvalue weighted by atomic mass is 10.2. The topological polar surface area (TPSA) is 53.0 Å². The lowest BCUT2D eigenvalue weighted by Gasteiger charge is -2.19. The van der Waals surface area contributed by atoms with Crippen LogP contribution in [0.3, 0.4) is 0 Å². The van der Waals surface area contributed by atoms with Crippen molar-refractivity contribution in [2.45, 2.75) is 33.2 Å². The number of carbonyl (C=O) groups is 2. The van der Waals surface area contributed by atoms with E-state index in [2.05, 4.69) is 5.10 Å². The minimum atomic E-state index is -0.252. The van der Waals surface area contributed by atoms with Gasteiger partial charge >= 0.3 is 0 Å². The first kappa shape index (κ1) is 13.5. The monoisotopic (exact) mass is 283 g/mol. The summed E-state index contributed by atoms with van der Waals surface area (Å²) in [5.74, 6) is 0.0225. The van der Waals surface area contributed by atoms with E-state index >= 15 is 0 Å². The molecular formula is C16H17N3O2. The third-order valence-electron chi connectivity index (χ3n) is 4.01. The van der Waals surface area contributed by atoms with Crippen LogP contribution in [0.5, 0.6) is 0 Å². The molecular weight excluding hydrogens is 266 g/mol. The van der Waals surface area contributed by atoms with E-state index in [9.17, 15) is 9.59 Å². The van der Waals surface area contributed by atoms with Gasteiger partial charge in [-0.05, 0) is 32.9 Å². The summed E-state index contributed by atoms with van der Waals surface area (Å²) in [7, 11) is 0. The highest BCUT2D eigenvalue weighted by Gasteiger charge is 2.40. The molecule has 0 saturated carbocycles. The molecule has 3 rings (SSSR count). The largest absolute Gasteiger partial charge is 0.269 e. The number of benzene rings is 1. The van der Waals surface area contributed by atoms with Crippen LogP contribution in [0.15, 0.2) is 46.6 Å². The highest BCUT2D eigenvalue weighted by molar-refractivity contribution is 6.28. The van der Waals surface area contributed by atoms with E-state index in [1.165, 1.54) is 4.90 Å². The summed E-state index contributed by atoms with van der Waals surface area (Å²) < 4.78 is 0. The average Bonchev–Trinajstić information content (AvgIpc) is 2.95. The highest BCUT2D eigenvalue weighted by atomic mass is 16.2. The molecule has 0 aromatic heterocycles. The van der Waals surface area contributed by atoms with E-state index in [0.717, 1.165) is 5.69 Å². The molecule has 1 atom stereocenters.